The van der Waals surface area contributed by atoms with Gasteiger partial charge in [-0.25, -0.2) is 9.18 Å². The molecule has 5 rings (SSSR count). The highest BCUT2D eigenvalue weighted by atomic mass is 19.1. The Labute approximate surface area is 231 Å². The number of hydrogen-bond donors (Lipinski definition) is 2. The van der Waals surface area contributed by atoms with Crippen molar-refractivity contribution >= 4 is 40.3 Å². The number of hydrogen-bond acceptors (Lipinski definition) is 5. The van der Waals surface area contributed by atoms with Gasteiger partial charge in [-0.05, 0) is 61.1 Å². The van der Waals surface area contributed by atoms with Crippen LogP contribution in [0.25, 0.3) is 10.9 Å². The minimum Gasteiger partial charge on any atom is -0.341 e. The first kappa shape index (κ1) is 27.3. The number of piperidine rings is 1. The maximum atomic E-state index is 14.4. The minimum absolute atomic E-state index is 0.0984. The van der Waals surface area contributed by atoms with E-state index in [0.29, 0.717) is 12.1 Å². The molecule has 3 heterocycles. The third kappa shape index (κ3) is 4.48. The molecule has 2 aromatic carbocycles. The largest absolute Gasteiger partial charge is 0.341 e. The number of amides is 5. The van der Waals surface area contributed by atoms with Crippen LogP contribution in [-0.4, -0.2) is 75.5 Å². The standard InChI is InChI=1S/C29H33FN6O4/c1-5-18-6-8-22(30)21(14-18)25(37)32-24(17(2)3)26(38)35-12-10-29(11-13-35)27(39)34(4)28(40)36(29)20-7-9-23-19(15-20)16-31-33-23/h6-9,14-17,24H,5,10-13H2,1-4H3,(H,31,33)(H,32,37). The summed E-state index contributed by atoms with van der Waals surface area (Å²) in [6.07, 6.45) is 2.78. The predicted molar refractivity (Wildman–Crippen MR) is 147 cm³/mol. The van der Waals surface area contributed by atoms with Crippen molar-refractivity contribution in [3.05, 3.63) is 59.5 Å². The van der Waals surface area contributed by atoms with E-state index in [4.69, 9.17) is 0 Å². The van der Waals surface area contributed by atoms with Crippen LogP contribution in [0, 0.1) is 11.7 Å². The van der Waals surface area contributed by atoms with E-state index in [9.17, 15) is 23.6 Å². The number of aryl methyl sites for hydroxylation is 1. The molecular formula is C29H33FN6O4. The van der Waals surface area contributed by atoms with Gasteiger partial charge in [-0.1, -0.05) is 26.8 Å². The summed E-state index contributed by atoms with van der Waals surface area (Å²) in [4.78, 5) is 57.6. The van der Waals surface area contributed by atoms with Crippen LogP contribution in [0.1, 0.15) is 49.5 Å². The number of aromatic nitrogens is 2. The van der Waals surface area contributed by atoms with E-state index in [2.05, 4.69) is 15.5 Å². The Morgan fingerprint density at radius 2 is 1.85 bits per heavy atom. The smallest absolute Gasteiger partial charge is 0.331 e. The van der Waals surface area contributed by atoms with Gasteiger partial charge in [0, 0.05) is 31.2 Å². The molecule has 11 heteroatoms. The first-order chi connectivity index (χ1) is 19.1. The molecule has 0 saturated carbocycles. The SMILES string of the molecule is CCc1ccc(F)c(C(=O)NC(C(=O)N2CCC3(CC2)C(=O)N(C)C(=O)N3c2ccc3[nH]ncc3c2)C(C)C)c1. The molecule has 0 radical (unpaired) electrons. The van der Waals surface area contributed by atoms with E-state index in [1.165, 1.54) is 24.1 Å². The van der Waals surface area contributed by atoms with Crippen LogP contribution in [-0.2, 0) is 16.0 Å². The zero-order valence-corrected chi connectivity index (χ0v) is 23.0. The molecule has 3 aromatic rings. The normalized spacial score (nSPS) is 17.8. The summed E-state index contributed by atoms with van der Waals surface area (Å²) < 4.78 is 14.4. The number of anilines is 1. The topological polar surface area (TPSA) is 119 Å². The van der Waals surface area contributed by atoms with Gasteiger partial charge < -0.3 is 10.2 Å². The molecule has 2 aliphatic heterocycles. The summed E-state index contributed by atoms with van der Waals surface area (Å²) in [5.41, 5.74) is 0.990. The third-order valence-corrected chi connectivity index (χ3v) is 8.10. The van der Waals surface area contributed by atoms with Gasteiger partial charge in [0.25, 0.3) is 11.8 Å². The molecule has 10 nitrogen and oxygen atoms in total. The van der Waals surface area contributed by atoms with Gasteiger partial charge in [-0.3, -0.25) is 29.3 Å². The summed E-state index contributed by atoms with van der Waals surface area (Å²) in [6, 6.07) is 8.51. The average molecular weight is 549 g/mol. The molecule has 1 spiro atoms. The Hall–Kier alpha value is -4.28. The van der Waals surface area contributed by atoms with Gasteiger partial charge in [0.1, 0.15) is 17.4 Å². The molecule has 0 aliphatic carbocycles. The van der Waals surface area contributed by atoms with Crippen LogP contribution in [0.3, 0.4) is 0 Å². The van der Waals surface area contributed by atoms with Crippen molar-refractivity contribution in [3.8, 4) is 0 Å². The molecule has 2 saturated heterocycles. The van der Waals surface area contributed by atoms with Crippen molar-refractivity contribution in [3.63, 3.8) is 0 Å². The van der Waals surface area contributed by atoms with Crippen LogP contribution in [0.2, 0.25) is 0 Å². The lowest BCUT2D eigenvalue weighted by molar-refractivity contribution is -0.139. The van der Waals surface area contributed by atoms with Crippen molar-refractivity contribution in [2.45, 2.75) is 51.6 Å². The molecule has 5 amide bonds. The van der Waals surface area contributed by atoms with Gasteiger partial charge in [-0.15, -0.1) is 0 Å². The number of rotatable bonds is 6. The summed E-state index contributed by atoms with van der Waals surface area (Å²) >= 11 is 0. The fourth-order valence-electron chi connectivity index (χ4n) is 5.68. The molecule has 1 aromatic heterocycles. The molecular weight excluding hydrogens is 515 g/mol. The number of carbonyl (C=O) groups is 4. The number of likely N-dealkylation sites (tertiary alicyclic amines) is 1. The number of aromatic amines is 1. The number of benzene rings is 2. The van der Waals surface area contributed by atoms with E-state index in [1.807, 2.05) is 32.9 Å². The Bertz CT molecular complexity index is 1490. The monoisotopic (exact) mass is 548 g/mol. The number of fused-ring (bicyclic) bond motifs is 1. The van der Waals surface area contributed by atoms with E-state index < -0.39 is 29.3 Å². The summed E-state index contributed by atoms with van der Waals surface area (Å²) in [7, 11) is 1.47. The number of imide groups is 1. The van der Waals surface area contributed by atoms with Crippen LogP contribution < -0.4 is 10.2 Å². The zero-order chi connectivity index (χ0) is 28.8. The maximum Gasteiger partial charge on any atom is 0.331 e. The lowest BCUT2D eigenvalue weighted by atomic mass is 9.85. The number of urea groups is 1. The number of nitrogens with zero attached hydrogens (tertiary/aromatic N) is 4. The Kier molecular flexibility index (Phi) is 7.07. The first-order valence-electron chi connectivity index (χ1n) is 13.5. The second-order valence-electron chi connectivity index (χ2n) is 10.8. The average Bonchev–Trinajstić information content (AvgIpc) is 3.49. The summed E-state index contributed by atoms with van der Waals surface area (Å²) in [6.45, 7) is 5.98. The maximum absolute atomic E-state index is 14.4. The second-order valence-corrected chi connectivity index (χ2v) is 10.8. The van der Waals surface area contributed by atoms with Crippen LogP contribution in [0.5, 0.6) is 0 Å². The molecule has 1 unspecified atom stereocenters. The quantitative estimate of drug-likeness (QED) is 0.458. The number of H-pyrrole nitrogens is 1. The lowest BCUT2D eigenvalue weighted by Crippen LogP contribution is -2.60. The molecule has 210 valence electrons. The number of likely N-dealkylation sites (N-methyl/N-ethyl adjacent to an activating group) is 1. The van der Waals surface area contributed by atoms with Gasteiger partial charge in [0.15, 0.2) is 0 Å². The molecule has 1 atom stereocenters. The van der Waals surface area contributed by atoms with E-state index in [1.54, 1.807) is 23.2 Å². The zero-order valence-electron chi connectivity index (χ0n) is 23.0. The summed E-state index contributed by atoms with van der Waals surface area (Å²) in [5, 5.41) is 10.5. The number of halogens is 1. The Balaban J connectivity index is 1.35. The molecule has 2 aliphatic rings. The fourth-order valence-corrected chi connectivity index (χ4v) is 5.68. The van der Waals surface area contributed by atoms with Gasteiger partial charge in [-0.2, -0.15) is 5.10 Å². The van der Waals surface area contributed by atoms with Crippen molar-refractivity contribution in [2.24, 2.45) is 5.92 Å². The molecule has 2 fully saturated rings. The van der Waals surface area contributed by atoms with Crippen molar-refractivity contribution < 1.29 is 23.6 Å². The van der Waals surface area contributed by atoms with E-state index in [0.717, 1.165) is 21.4 Å². The van der Waals surface area contributed by atoms with Crippen molar-refractivity contribution in [1.82, 2.24) is 25.3 Å². The Morgan fingerprint density at radius 3 is 2.52 bits per heavy atom. The molecule has 40 heavy (non-hydrogen) atoms. The van der Waals surface area contributed by atoms with Crippen LogP contribution >= 0.6 is 0 Å². The van der Waals surface area contributed by atoms with Crippen LogP contribution in [0.15, 0.2) is 42.6 Å². The number of carbonyl (C=O) groups excluding carboxylic acids is 4. The number of nitrogens with one attached hydrogen (secondary N) is 2. The highest BCUT2D eigenvalue weighted by Crippen LogP contribution is 2.41. The lowest BCUT2D eigenvalue weighted by Gasteiger charge is -2.43. The Morgan fingerprint density at radius 1 is 1.12 bits per heavy atom. The van der Waals surface area contributed by atoms with Gasteiger partial charge in [0.2, 0.25) is 5.91 Å². The minimum atomic E-state index is -1.12. The highest BCUT2D eigenvalue weighted by Gasteiger charge is 2.58. The second kappa shape index (κ2) is 10.4. The van der Waals surface area contributed by atoms with E-state index >= 15 is 0 Å². The third-order valence-electron chi connectivity index (χ3n) is 8.10. The van der Waals surface area contributed by atoms with E-state index in [-0.39, 0.29) is 49.2 Å². The van der Waals surface area contributed by atoms with Gasteiger partial charge in [0.05, 0.1) is 17.3 Å². The van der Waals surface area contributed by atoms with Crippen LogP contribution in [0.4, 0.5) is 14.9 Å². The van der Waals surface area contributed by atoms with Crippen molar-refractivity contribution in [2.75, 3.05) is 25.0 Å². The first-order valence-corrected chi connectivity index (χ1v) is 13.5. The fraction of sp³-hybridized carbons (Fsp3) is 0.414. The molecule has 0 bridgehead atoms. The summed E-state index contributed by atoms with van der Waals surface area (Å²) in [5.74, 6) is -2.17. The van der Waals surface area contributed by atoms with Crippen molar-refractivity contribution in [1.29, 1.82) is 0 Å². The van der Waals surface area contributed by atoms with Gasteiger partial charge >= 0.3 is 6.03 Å². The predicted octanol–water partition coefficient (Wildman–Crippen LogP) is 3.48. The highest BCUT2D eigenvalue weighted by molar-refractivity contribution is 6.17. The molecule has 2 N–H and O–H groups in total.